The fourth-order valence-electron chi connectivity index (χ4n) is 3.14. The van der Waals surface area contributed by atoms with Gasteiger partial charge in [-0.3, -0.25) is 9.48 Å². The maximum Gasteiger partial charge on any atom is 0.267 e. The average molecular weight is 401 g/mol. The van der Waals surface area contributed by atoms with Crippen molar-refractivity contribution in [2.45, 2.75) is 10.9 Å². The van der Waals surface area contributed by atoms with Gasteiger partial charge in [0.1, 0.15) is 10.6 Å². The zero-order valence-corrected chi connectivity index (χ0v) is 16.2. The van der Waals surface area contributed by atoms with Crippen molar-refractivity contribution in [2.75, 3.05) is 20.2 Å². The van der Waals surface area contributed by atoms with Crippen LogP contribution in [0.15, 0.2) is 58.5 Å². The lowest BCUT2D eigenvalue weighted by molar-refractivity contribution is 0.186. The van der Waals surface area contributed by atoms with Crippen LogP contribution in [0.2, 0.25) is 0 Å². The maximum absolute atomic E-state index is 12.6. The summed E-state index contributed by atoms with van der Waals surface area (Å²) < 4.78 is 34.7. The SMILES string of the molecule is COc1ccccc1-c1ccc(=O)n(C2CN(S(=O)(=O)c3cnn(C)c3)C2)n1. The van der Waals surface area contributed by atoms with Crippen molar-refractivity contribution in [1.82, 2.24) is 23.9 Å². The summed E-state index contributed by atoms with van der Waals surface area (Å²) in [5.41, 5.74) is 1.07. The Kier molecular flexibility index (Phi) is 4.52. The van der Waals surface area contributed by atoms with Crippen LogP contribution in [-0.4, -0.2) is 52.5 Å². The van der Waals surface area contributed by atoms with Crippen molar-refractivity contribution in [3.63, 3.8) is 0 Å². The molecule has 0 N–H and O–H groups in total. The first kappa shape index (κ1) is 18.4. The van der Waals surface area contributed by atoms with Gasteiger partial charge in [0.15, 0.2) is 0 Å². The van der Waals surface area contributed by atoms with Crippen molar-refractivity contribution in [3.05, 3.63) is 59.1 Å². The third-order valence-corrected chi connectivity index (χ3v) is 6.49. The Hall–Kier alpha value is -2.98. The molecule has 1 aromatic carbocycles. The zero-order valence-electron chi connectivity index (χ0n) is 15.4. The Morgan fingerprint density at radius 2 is 1.89 bits per heavy atom. The number of hydrogen-bond acceptors (Lipinski definition) is 6. The lowest BCUT2D eigenvalue weighted by Crippen LogP contribution is -2.53. The highest BCUT2D eigenvalue weighted by molar-refractivity contribution is 7.89. The van der Waals surface area contributed by atoms with Crippen LogP contribution in [0, 0.1) is 0 Å². The Morgan fingerprint density at radius 3 is 2.57 bits per heavy atom. The minimum absolute atomic E-state index is 0.136. The number of para-hydroxylation sites is 1. The zero-order chi connectivity index (χ0) is 19.9. The molecule has 1 saturated heterocycles. The van der Waals surface area contributed by atoms with Crippen LogP contribution in [0.1, 0.15) is 6.04 Å². The van der Waals surface area contributed by atoms with Gasteiger partial charge in [-0.2, -0.15) is 14.5 Å². The Morgan fingerprint density at radius 1 is 1.14 bits per heavy atom. The molecule has 10 heteroatoms. The summed E-state index contributed by atoms with van der Waals surface area (Å²) in [4.78, 5) is 12.4. The fourth-order valence-corrected chi connectivity index (χ4v) is 4.64. The van der Waals surface area contributed by atoms with Gasteiger partial charge in [0.2, 0.25) is 10.0 Å². The van der Waals surface area contributed by atoms with Gasteiger partial charge in [-0.1, -0.05) is 12.1 Å². The molecular formula is C18H19N5O4S. The van der Waals surface area contributed by atoms with Crippen LogP contribution in [0.4, 0.5) is 0 Å². The number of aryl methyl sites for hydroxylation is 1. The first-order valence-corrected chi connectivity index (χ1v) is 10.1. The van der Waals surface area contributed by atoms with Gasteiger partial charge >= 0.3 is 0 Å². The Bertz CT molecular complexity index is 1180. The van der Waals surface area contributed by atoms with E-state index in [0.29, 0.717) is 11.4 Å². The van der Waals surface area contributed by atoms with Crippen LogP contribution < -0.4 is 10.3 Å². The van der Waals surface area contributed by atoms with Crippen molar-refractivity contribution in [1.29, 1.82) is 0 Å². The second kappa shape index (κ2) is 6.88. The molecular weight excluding hydrogens is 382 g/mol. The van der Waals surface area contributed by atoms with Gasteiger partial charge in [0, 0.05) is 38.0 Å². The summed E-state index contributed by atoms with van der Waals surface area (Å²) in [6, 6.07) is 10.1. The van der Waals surface area contributed by atoms with E-state index in [2.05, 4.69) is 10.2 Å². The van der Waals surface area contributed by atoms with Crippen LogP contribution >= 0.6 is 0 Å². The number of aromatic nitrogens is 4. The smallest absolute Gasteiger partial charge is 0.267 e. The van der Waals surface area contributed by atoms with Gasteiger partial charge in [-0.25, -0.2) is 13.1 Å². The number of sulfonamides is 1. The summed E-state index contributed by atoms with van der Waals surface area (Å²) in [6.45, 7) is 0.360. The monoisotopic (exact) mass is 401 g/mol. The molecule has 4 rings (SSSR count). The second-order valence-electron chi connectivity index (χ2n) is 6.53. The third-order valence-electron chi connectivity index (χ3n) is 4.70. The van der Waals surface area contributed by atoms with E-state index in [-0.39, 0.29) is 29.6 Å². The van der Waals surface area contributed by atoms with Crippen LogP contribution in [-0.2, 0) is 17.1 Å². The molecule has 0 atom stereocenters. The molecule has 0 aliphatic carbocycles. The van der Waals surface area contributed by atoms with Crippen LogP contribution in [0.5, 0.6) is 5.75 Å². The normalized spacial score (nSPS) is 15.4. The highest BCUT2D eigenvalue weighted by atomic mass is 32.2. The molecule has 2 aromatic heterocycles. The van der Waals surface area contributed by atoms with E-state index >= 15 is 0 Å². The summed E-state index contributed by atoms with van der Waals surface area (Å²) in [6.07, 6.45) is 2.77. The molecule has 1 aliphatic rings. The summed E-state index contributed by atoms with van der Waals surface area (Å²) in [5.74, 6) is 0.648. The van der Waals surface area contributed by atoms with Crippen molar-refractivity contribution in [2.24, 2.45) is 7.05 Å². The molecule has 1 aliphatic heterocycles. The quantitative estimate of drug-likeness (QED) is 0.630. The highest BCUT2D eigenvalue weighted by Gasteiger charge is 2.39. The molecule has 1 fully saturated rings. The molecule has 0 amide bonds. The number of methoxy groups -OCH3 is 1. The standard InChI is InChI=1S/C18H19N5O4S/c1-21-12-14(9-19-21)28(25,26)22-10-13(11-22)23-18(24)8-7-16(20-23)15-5-3-4-6-17(15)27-2/h3-9,12-13H,10-11H2,1-2H3. The molecule has 0 saturated carbocycles. The Labute approximate surface area is 161 Å². The fraction of sp³-hybridized carbons (Fsp3) is 0.278. The molecule has 3 aromatic rings. The van der Waals surface area contributed by atoms with E-state index < -0.39 is 10.0 Å². The third kappa shape index (κ3) is 3.10. The molecule has 3 heterocycles. The predicted octanol–water partition coefficient (Wildman–Crippen LogP) is 0.898. The van der Waals surface area contributed by atoms with Gasteiger partial charge in [0.05, 0.1) is 25.0 Å². The summed E-state index contributed by atoms with van der Waals surface area (Å²) >= 11 is 0. The van der Waals surface area contributed by atoms with Crippen molar-refractivity contribution >= 4 is 10.0 Å². The first-order valence-electron chi connectivity index (χ1n) is 8.62. The maximum atomic E-state index is 12.6. The molecule has 0 unspecified atom stereocenters. The van der Waals surface area contributed by atoms with Gasteiger partial charge in [0.25, 0.3) is 5.56 Å². The van der Waals surface area contributed by atoms with Gasteiger partial charge in [-0.05, 0) is 18.2 Å². The lowest BCUT2D eigenvalue weighted by Gasteiger charge is -2.37. The Balaban J connectivity index is 1.59. The second-order valence-corrected chi connectivity index (χ2v) is 8.47. The number of ether oxygens (including phenoxy) is 1. The van der Waals surface area contributed by atoms with E-state index in [1.807, 2.05) is 24.3 Å². The van der Waals surface area contributed by atoms with E-state index in [9.17, 15) is 13.2 Å². The number of rotatable bonds is 5. The molecule has 28 heavy (non-hydrogen) atoms. The molecule has 0 bridgehead atoms. The van der Waals surface area contributed by atoms with Crippen molar-refractivity contribution in [3.8, 4) is 17.0 Å². The summed E-state index contributed by atoms with van der Waals surface area (Å²) in [5, 5.41) is 8.36. The highest BCUT2D eigenvalue weighted by Crippen LogP contribution is 2.30. The molecule has 146 valence electrons. The van der Waals surface area contributed by atoms with Crippen LogP contribution in [0.3, 0.4) is 0 Å². The van der Waals surface area contributed by atoms with Crippen LogP contribution in [0.25, 0.3) is 11.3 Å². The number of hydrogen-bond donors (Lipinski definition) is 0. The molecule has 0 spiro atoms. The topological polar surface area (TPSA) is 99.3 Å². The van der Waals surface area contributed by atoms with E-state index in [4.69, 9.17) is 4.74 Å². The minimum atomic E-state index is -3.62. The lowest BCUT2D eigenvalue weighted by atomic mass is 10.1. The molecule has 9 nitrogen and oxygen atoms in total. The minimum Gasteiger partial charge on any atom is -0.496 e. The predicted molar refractivity (Wildman–Crippen MR) is 101 cm³/mol. The largest absolute Gasteiger partial charge is 0.496 e. The number of nitrogens with zero attached hydrogens (tertiary/aromatic N) is 5. The van der Waals surface area contributed by atoms with Gasteiger partial charge < -0.3 is 4.74 Å². The number of benzene rings is 1. The first-order chi connectivity index (χ1) is 13.4. The van der Waals surface area contributed by atoms with E-state index in [1.54, 1.807) is 20.2 Å². The van der Waals surface area contributed by atoms with E-state index in [0.717, 1.165) is 5.56 Å². The van der Waals surface area contributed by atoms with Crippen molar-refractivity contribution < 1.29 is 13.2 Å². The summed E-state index contributed by atoms with van der Waals surface area (Å²) in [7, 11) is -0.392. The molecule has 0 radical (unpaired) electrons. The van der Waals surface area contributed by atoms with E-state index in [1.165, 1.54) is 32.1 Å². The average Bonchev–Trinajstić information content (AvgIpc) is 3.09. The van der Waals surface area contributed by atoms with Gasteiger partial charge in [-0.15, -0.1) is 0 Å².